The summed E-state index contributed by atoms with van der Waals surface area (Å²) in [5.74, 6) is 0.645. The average molecular weight is 414 g/mol. The Bertz CT molecular complexity index is 930. The predicted octanol–water partition coefficient (Wildman–Crippen LogP) is 3.71. The summed E-state index contributed by atoms with van der Waals surface area (Å²) in [6.45, 7) is 2.71. The van der Waals surface area contributed by atoms with Gasteiger partial charge in [0.15, 0.2) is 11.5 Å². The molecule has 2 amide bonds. The lowest BCUT2D eigenvalue weighted by molar-refractivity contribution is -0.138. The third-order valence-corrected chi connectivity index (χ3v) is 5.06. The first-order chi connectivity index (χ1) is 14.5. The number of carbonyl (C=O) groups is 2. The number of benzene rings is 2. The summed E-state index contributed by atoms with van der Waals surface area (Å²) >= 11 is 0. The molecular formula is C22H26N2O6. The second-order valence-electron chi connectivity index (χ2n) is 6.82. The number of fused-ring (bicyclic) bond motifs is 1. The number of hydrogen-bond donors (Lipinski definition) is 2. The van der Waals surface area contributed by atoms with Gasteiger partial charge in [-0.25, -0.2) is 4.79 Å². The Kier molecular flexibility index (Phi) is 6.66. The van der Waals surface area contributed by atoms with E-state index in [0.717, 1.165) is 11.1 Å². The number of rotatable bonds is 7. The monoisotopic (exact) mass is 414 g/mol. The Morgan fingerprint density at radius 3 is 2.50 bits per heavy atom. The van der Waals surface area contributed by atoms with Crippen molar-refractivity contribution in [3.63, 3.8) is 0 Å². The molecule has 2 aromatic rings. The number of ether oxygens (including phenoxy) is 3. The van der Waals surface area contributed by atoms with Gasteiger partial charge < -0.3 is 29.5 Å². The average Bonchev–Trinajstić information content (AvgIpc) is 2.74. The van der Waals surface area contributed by atoms with Crippen molar-refractivity contribution in [1.82, 2.24) is 4.90 Å². The number of nitrogens with zero attached hydrogens (tertiary/aromatic N) is 1. The Balaban J connectivity index is 1.93. The molecule has 2 N–H and O–H groups in total. The number of nitrogens with one attached hydrogen (secondary N) is 1. The number of para-hydroxylation sites is 2. The highest BCUT2D eigenvalue weighted by Gasteiger charge is 2.34. The molecule has 0 aromatic heterocycles. The first kappa shape index (κ1) is 21.3. The normalized spacial score (nSPS) is 15.2. The van der Waals surface area contributed by atoms with Gasteiger partial charge in [0.1, 0.15) is 5.75 Å². The molecule has 0 fully saturated rings. The molecule has 8 heteroatoms. The fourth-order valence-corrected chi connectivity index (χ4v) is 3.70. The van der Waals surface area contributed by atoms with E-state index in [2.05, 4.69) is 5.32 Å². The Morgan fingerprint density at radius 2 is 1.83 bits per heavy atom. The van der Waals surface area contributed by atoms with Crippen LogP contribution in [0.2, 0.25) is 0 Å². The molecule has 0 saturated carbocycles. The zero-order valence-corrected chi connectivity index (χ0v) is 17.3. The molecule has 0 saturated heterocycles. The summed E-state index contributed by atoms with van der Waals surface area (Å²) in [5, 5.41) is 12.4. The van der Waals surface area contributed by atoms with Gasteiger partial charge in [-0.1, -0.05) is 12.1 Å². The molecule has 0 aliphatic carbocycles. The SMILES string of the molecule is CCOc1ccccc1NC(=O)N1CCc2cc(OC)c(OC)cc2[C@@H]1CC(=O)O. The molecule has 30 heavy (non-hydrogen) atoms. The van der Waals surface area contributed by atoms with E-state index in [9.17, 15) is 14.7 Å². The van der Waals surface area contributed by atoms with Crippen LogP contribution in [0.4, 0.5) is 10.5 Å². The molecule has 0 radical (unpaired) electrons. The molecule has 0 bridgehead atoms. The number of carbonyl (C=O) groups excluding carboxylic acids is 1. The van der Waals surface area contributed by atoms with Gasteiger partial charge in [-0.05, 0) is 48.7 Å². The molecule has 1 aliphatic heterocycles. The molecule has 0 spiro atoms. The smallest absolute Gasteiger partial charge is 0.322 e. The molecular weight excluding hydrogens is 388 g/mol. The molecule has 1 atom stereocenters. The lowest BCUT2D eigenvalue weighted by atomic mass is 9.90. The summed E-state index contributed by atoms with van der Waals surface area (Å²) in [6.07, 6.45) is 0.356. The van der Waals surface area contributed by atoms with E-state index in [1.165, 1.54) is 7.11 Å². The molecule has 2 aromatic carbocycles. The van der Waals surface area contributed by atoms with Gasteiger partial charge in [-0.3, -0.25) is 4.79 Å². The van der Waals surface area contributed by atoms with E-state index >= 15 is 0 Å². The van der Waals surface area contributed by atoms with Crippen molar-refractivity contribution >= 4 is 17.7 Å². The van der Waals surface area contributed by atoms with Gasteiger partial charge in [0.25, 0.3) is 0 Å². The molecule has 1 aliphatic rings. The minimum Gasteiger partial charge on any atom is -0.493 e. The standard InChI is InChI=1S/C22H26N2O6/c1-4-30-18-8-6-5-7-16(18)23-22(27)24-10-9-14-11-19(28-2)20(29-3)12-15(14)17(24)13-21(25)26/h5-8,11-12,17H,4,9-10,13H2,1-3H3,(H,23,27)(H,25,26)/t17-/m0/s1. The summed E-state index contributed by atoms with van der Waals surface area (Å²) in [7, 11) is 3.08. The van der Waals surface area contributed by atoms with E-state index < -0.39 is 12.0 Å². The van der Waals surface area contributed by atoms with Crippen LogP contribution in [0.15, 0.2) is 36.4 Å². The lowest BCUT2D eigenvalue weighted by Crippen LogP contribution is -2.43. The Labute approximate surface area is 175 Å². The third kappa shape index (κ3) is 4.42. The number of anilines is 1. The third-order valence-electron chi connectivity index (χ3n) is 5.06. The number of carboxylic acid groups (broad SMARTS) is 1. The summed E-state index contributed by atoms with van der Waals surface area (Å²) in [5.41, 5.74) is 2.23. The maximum Gasteiger partial charge on any atom is 0.322 e. The van der Waals surface area contributed by atoms with Crippen molar-refractivity contribution in [2.45, 2.75) is 25.8 Å². The van der Waals surface area contributed by atoms with Crippen LogP contribution in [-0.4, -0.2) is 49.4 Å². The highest BCUT2D eigenvalue weighted by atomic mass is 16.5. The van der Waals surface area contributed by atoms with Crippen LogP contribution >= 0.6 is 0 Å². The second-order valence-corrected chi connectivity index (χ2v) is 6.82. The number of hydrogen-bond acceptors (Lipinski definition) is 5. The van der Waals surface area contributed by atoms with Crippen molar-refractivity contribution in [2.24, 2.45) is 0 Å². The van der Waals surface area contributed by atoms with Crippen LogP contribution in [-0.2, 0) is 11.2 Å². The number of methoxy groups -OCH3 is 2. The van der Waals surface area contributed by atoms with Gasteiger partial charge in [-0.2, -0.15) is 0 Å². The van der Waals surface area contributed by atoms with E-state index in [-0.39, 0.29) is 12.5 Å². The first-order valence-electron chi connectivity index (χ1n) is 9.74. The van der Waals surface area contributed by atoms with E-state index in [4.69, 9.17) is 14.2 Å². The van der Waals surface area contributed by atoms with Gasteiger partial charge in [0.2, 0.25) is 0 Å². The van der Waals surface area contributed by atoms with Crippen LogP contribution in [0.1, 0.15) is 30.5 Å². The first-order valence-corrected chi connectivity index (χ1v) is 9.74. The zero-order valence-electron chi connectivity index (χ0n) is 17.3. The van der Waals surface area contributed by atoms with Crippen LogP contribution < -0.4 is 19.5 Å². The summed E-state index contributed by atoms with van der Waals surface area (Å²) < 4.78 is 16.3. The lowest BCUT2D eigenvalue weighted by Gasteiger charge is -2.37. The predicted molar refractivity (Wildman–Crippen MR) is 112 cm³/mol. The number of urea groups is 1. The number of aliphatic carboxylic acids is 1. The summed E-state index contributed by atoms with van der Waals surface area (Å²) in [4.78, 5) is 26.2. The van der Waals surface area contributed by atoms with Crippen LogP contribution in [0.25, 0.3) is 0 Å². The Hall–Kier alpha value is -3.42. The van der Waals surface area contributed by atoms with E-state index in [1.54, 1.807) is 36.3 Å². The van der Waals surface area contributed by atoms with Crippen molar-refractivity contribution in [3.05, 3.63) is 47.5 Å². The fraction of sp³-hybridized carbons (Fsp3) is 0.364. The molecule has 1 heterocycles. The molecule has 8 nitrogen and oxygen atoms in total. The number of carboxylic acids is 1. The van der Waals surface area contributed by atoms with Crippen molar-refractivity contribution in [2.75, 3.05) is 32.7 Å². The topological polar surface area (TPSA) is 97.3 Å². The molecule has 0 unspecified atom stereocenters. The second kappa shape index (κ2) is 9.39. The van der Waals surface area contributed by atoms with Gasteiger partial charge >= 0.3 is 12.0 Å². The minimum absolute atomic E-state index is 0.219. The van der Waals surface area contributed by atoms with Crippen LogP contribution in [0.5, 0.6) is 17.2 Å². The van der Waals surface area contributed by atoms with Crippen molar-refractivity contribution in [3.8, 4) is 17.2 Å². The molecule has 160 valence electrons. The minimum atomic E-state index is -0.991. The maximum absolute atomic E-state index is 13.1. The largest absolute Gasteiger partial charge is 0.493 e. The van der Waals surface area contributed by atoms with Crippen LogP contribution in [0, 0.1) is 0 Å². The highest BCUT2D eigenvalue weighted by Crippen LogP contribution is 2.40. The Morgan fingerprint density at radius 1 is 1.13 bits per heavy atom. The van der Waals surface area contributed by atoms with Crippen molar-refractivity contribution in [1.29, 1.82) is 0 Å². The summed E-state index contributed by atoms with van der Waals surface area (Å²) in [6, 6.07) is 9.74. The van der Waals surface area contributed by atoms with Gasteiger partial charge in [0, 0.05) is 6.54 Å². The van der Waals surface area contributed by atoms with Gasteiger partial charge in [-0.15, -0.1) is 0 Å². The number of amides is 2. The quantitative estimate of drug-likeness (QED) is 0.717. The van der Waals surface area contributed by atoms with E-state index in [0.29, 0.717) is 42.5 Å². The fourth-order valence-electron chi connectivity index (χ4n) is 3.70. The van der Waals surface area contributed by atoms with Crippen LogP contribution in [0.3, 0.4) is 0 Å². The van der Waals surface area contributed by atoms with E-state index in [1.807, 2.05) is 19.1 Å². The van der Waals surface area contributed by atoms with Crippen molar-refractivity contribution < 1.29 is 28.9 Å². The molecule has 3 rings (SSSR count). The zero-order chi connectivity index (χ0) is 21.7. The highest BCUT2D eigenvalue weighted by molar-refractivity contribution is 5.91. The maximum atomic E-state index is 13.1. The van der Waals surface area contributed by atoms with Gasteiger partial charge in [0.05, 0.1) is 39.0 Å².